The lowest BCUT2D eigenvalue weighted by molar-refractivity contribution is -0.123. The zero-order chi connectivity index (χ0) is 18.4. The summed E-state index contributed by atoms with van der Waals surface area (Å²) in [5, 5.41) is 15.3. The van der Waals surface area contributed by atoms with Crippen molar-refractivity contribution in [3.8, 4) is 5.69 Å². The molecule has 1 amide bonds. The van der Waals surface area contributed by atoms with Crippen molar-refractivity contribution in [3.63, 3.8) is 0 Å². The van der Waals surface area contributed by atoms with Gasteiger partial charge in [-0.3, -0.25) is 9.59 Å². The monoisotopic (exact) mass is 361 g/mol. The van der Waals surface area contributed by atoms with Crippen LogP contribution in [0.4, 0.5) is 0 Å². The number of benzene rings is 1. The van der Waals surface area contributed by atoms with Gasteiger partial charge in [-0.1, -0.05) is 29.5 Å². The second kappa shape index (κ2) is 8.24. The van der Waals surface area contributed by atoms with Gasteiger partial charge >= 0.3 is 0 Å². The van der Waals surface area contributed by atoms with Crippen LogP contribution in [-0.4, -0.2) is 43.2 Å². The molecule has 0 aliphatic rings. The molecule has 1 aromatic heterocycles. The first-order chi connectivity index (χ1) is 11.8. The summed E-state index contributed by atoms with van der Waals surface area (Å²) in [5.74, 6) is 0.513. The predicted molar refractivity (Wildman–Crippen MR) is 96.8 cm³/mol. The minimum absolute atomic E-state index is 0.0527. The highest BCUT2D eigenvalue weighted by atomic mass is 32.2. The Morgan fingerprint density at radius 3 is 2.56 bits per heavy atom. The van der Waals surface area contributed by atoms with Crippen molar-refractivity contribution in [2.75, 3.05) is 5.75 Å². The molecule has 1 heterocycles. The topological polar surface area (TPSA) is 89.8 Å². The summed E-state index contributed by atoms with van der Waals surface area (Å²) in [6.45, 7) is 7.23. The molecule has 0 aliphatic heterocycles. The molecule has 0 saturated heterocycles. The van der Waals surface area contributed by atoms with E-state index in [1.165, 1.54) is 18.7 Å². The molecule has 2 aromatic rings. The molecule has 0 bridgehead atoms. The first-order valence-electron chi connectivity index (χ1n) is 8.05. The number of tetrazole rings is 1. The van der Waals surface area contributed by atoms with Gasteiger partial charge in [0.15, 0.2) is 0 Å². The molecule has 0 saturated carbocycles. The van der Waals surface area contributed by atoms with Crippen LogP contribution in [0.5, 0.6) is 0 Å². The number of ketones is 1. The van der Waals surface area contributed by atoms with Crippen molar-refractivity contribution in [1.82, 2.24) is 25.5 Å². The molecular weight excluding hydrogens is 338 g/mol. The Morgan fingerprint density at radius 1 is 1.24 bits per heavy atom. The summed E-state index contributed by atoms with van der Waals surface area (Å²) < 4.78 is 1.65. The fraction of sp³-hybridized carbons (Fsp3) is 0.471. The second-order valence-corrected chi connectivity index (χ2v) is 7.68. The Labute approximate surface area is 151 Å². The summed E-state index contributed by atoms with van der Waals surface area (Å²) in [5.41, 5.74) is 1.51. The maximum absolute atomic E-state index is 12.1. The fourth-order valence-corrected chi connectivity index (χ4v) is 3.29. The summed E-state index contributed by atoms with van der Waals surface area (Å²) in [6, 6.07) is 7.89. The molecule has 0 radical (unpaired) electrons. The number of carbonyl (C=O) groups is 2. The smallest absolute Gasteiger partial charge is 0.221 e. The zero-order valence-corrected chi connectivity index (χ0v) is 15.8. The lowest BCUT2D eigenvalue weighted by Crippen LogP contribution is -2.44. The number of aromatic nitrogens is 4. The first kappa shape index (κ1) is 19.1. The maximum atomic E-state index is 12.1. The fourth-order valence-electron chi connectivity index (χ4n) is 2.46. The minimum Gasteiger partial charge on any atom is -0.351 e. The van der Waals surface area contributed by atoms with E-state index in [1.54, 1.807) is 4.68 Å². The summed E-state index contributed by atoms with van der Waals surface area (Å²) in [6.07, 6.45) is 0.643. The number of Topliss-reactive ketones (excluding diaryl/α,β-unsaturated/α-hetero) is 1. The molecule has 25 heavy (non-hydrogen) atoms. The lowest BCUT2D eigenvalue weighted by atomic mass is 9.98. The van der Waals surface area contributed by atoms with Crippen molar-refractivity contribution in [2.45, 2.75) is 51.2 Å². The first-order valence-corrected chi connectivity index (χ1v) is 9.04. The van der Waals surface area contributed by atoms with Crippen molar-refractivity contribution >= 4 is 23.5 Å². The Bertz CT molecular complexity index is 740. The standard InChI is InChI=1S/C17H23N5O2S/c1-12-5-7-14(8-6-12)22-16(19-20-21-22)25-10-9-15(24)18-17(3,4)11-13(2)23/h5-8H,9-11H2,1-4H3,(H,18,24). The molecule has 2 rings (SSSR count). The third-order valence-corrected chi connectivity index (χ3v) is 4.37. The number of aryl methyl sites for hydroxylation is 1. The highest BCUT2D eigenvalue weighted by molar-refractivity contribution is 7.99. The normalized spacial score (nSPS) is 11.4. The predicted octanol–water partition coefficient (Wildman–Crippen LogP) is 2.33. The number of hydrogen-bond acceptors (Lipinski definition) is 6. The van der Waals surface area contributed by atoms with Gasteiger partial charge in [0.25, 0.3) is 0 Å². The number of carbonyl (C=O) groups excluding carboxylic acids is 2. The van der Waals surface area contributed by atoms with Crippen LogP contribution >= 0.6 is 11.8 Å². The molecule has 0 unspecified atom stereocenters. The van der Waals surface area contributed by atoms with Crippen LogP contribution in [0.25, 0.3) is 5.69 Å². The number of nitrogens with one attached hydrogen (secondary N) is 1. The van der Waals surface area contributed by atoms with E-state index in [4.69, 9.17) is 0 Å². The summed E-state index contributed by atoms with van der Waals surface area (Å²) in [7, 11) is 0. The maximum Gasteiger partial charge on any atom is 0.221 e. The molecule has 0 spiro atoms. The van der Waals surface area contributed by atoms with Gasteiger partial charge in [-0.25, -0.2) is 0 Å². The Hall–Kier alpha value is -2.22. The van der Waals surface area contributed by atoms with Gasteiger partial charge in [0.2, 0.25) is 11.1 Å². The second-order valence-electron chi connectivity index (χ2n) is 6.62. The Balaban J connectivity index is 1.88. The van der Waals surface area contributed by atoms with Gasteiger partial charge in [-0.15, -0.1) is 5.10 Å². The van der Waals surface area contributed by atoms with E-state index in [2.05, 4.69) is 20.8 Å². The van der Waals surface area contributed by atoms with Gasteiger partial charge in [-0.05, 0) is 50.3 Å². The van der Waals surface area contributed by atoms with Crippen molar-refractivity contribution in [1.29, 1.82) is 0 Å². The van der Waals surface area contributed by atoms with Gasteiger partial charge in [-0.2, -0.15) is 4.68 Å². The van der Waals surface area contributed by atoms with Crippen LogP contribution in [0.3, 0.4) is 0 Å². The molecule has 0 atom stereocenters. The number of hydrogen-bond donors (Lipinski definition) is 1. The van der Waals surface area contributed by atoms with Crippen LogP contribution in [0.15, 0.2) is 29.4 Å². The average molecular weight is 361 g/mol. The number of nitrogens with zero attached hydrogens (tertiary/aromatic N) is 4. The summed E-state index contributed by atoms with van der Waals surface area (Å²) >= 11 is 1.42. The molecule has 0 fully saturated rings. The van der Waals surface area contributed by atoms with Crippen LogP contribution < -0.4 is 5.32 Å². The Kier molecular flexibility index (Phi) is 6.30. The van der Waals surface area contributed by atoms with Crippen LogP contribution in [0.2, 0.25) is 0 Å². The van der Waals surface area contributed by atoms with Crippen LogP contribution in [-0.2, 0) is 9.59 Å². The van der Waals surface area contributed by atoms with Gasteiger partial charge in [0.05, 0.1) is 5.69 Å². The minimum atomic E-state index is -0.531. The molecule has 7 nitrogen and oxygen atoms in total. The quantitative estimate of drug-likeness (QED) is 0.726. The third-order valence-electron chi connectivity index (χ3n) is 3.45. The van der Waals surface area contributed by atoms with Crippen molar-refractivity contribution in [2.24, 2.45) is 0 Å². The molecule has 0 aliphatic carbocycles. The highest BCUT2D eigenvalue weighted by Crippen LogP contribution is 2.19. The zero-order valence-electron chi connectivity index (χ0n) is 14.9. The molecular formula is C17H23N5O2S. The van der Waals surface area contributed by atoms with E-state index in [0.29, 0.717) is 23.8 Å². The van der Waals surface area contributed by atoms with E-state index in [0.717, 1.165) is 11.3 Å². The SMILES string of the molecule is CC(=O)CC(C)(C)NC(=O)CCSc1nnnn1-c1ccc(C)cc1. The van der Waals surface area contributed by atoms with Crippen molar-refractivity contribution < 1.29 is 9.59 Å². The molecule has 1 aromatic carbocycles. The van der Waals surface area contributed by atoms with E-state index in [1.807, 2.05) is 45.0 Å². The van der Waals surface area contributed by atoms with Crippen molar-refractivity contribution in [3.05, 3.63) is 29.8 Å². The van der Waals surface area contributed by atoms with Gasteiger partial charge in [0.1, 0.15) is 5.78 Å². The van der Waals surface area contributed by atoms with E-state index in [-0.39, 0.29) is 11.7 Å². The number of rotatable bonds is 8. The van der Waals surface area contributed by atoms with Crippen LogP contribution in [0.1, 0.15) is 39.2 Å². The van der Waals surface area contributed by atoms with E-state index < -0.39 is 5.54 Å². The Morgan fingerprint density at radius 2 is 1.92 bits per heavy atom. The lowest BCUT2D eigenvalue weighted by Gasteiger charge is -2.24. The van der Waals surface area contributed by atoms with Crippen LogP contribution in [0, 0.1) is 6.92 Å². The van der Waals surface area contributed by atoms with E-state index in [9.17, 15) is 9.59 Å². The molecule has 1 N–H and O–H groups in total. The number of amides is 1. The molecule has 134 valence electrons. The van der Waals surface area contributed by atoms with Gasteiger partial charge < -0.3 is 5.32 Å². The molecule has 8 heteroatoms. The summed E-state index contributed by atoms with van der Waals surface area (Å²) in [4.78, 5) is 23.3. The third kappa shape index (κ3) is 5.97. The number of thioether (sulfide) groups is 1. The average Bonchev–Trinajstić information content (AvgIpc) is 2.94. The van der Waals surface area contributed by atoms with Gasteiger partial charge in [0, 0.05) is 24.1 Å². The van der Waals surface area contributed by atoms with E-state index >= 15 is 0 Å². The largest absolute Gasteiger partial charge is 0.351 e. The highest BCUT2D eigenvalue weighted by Gasteiger charge is 2.22.